The van der Waals surface area contributed by atoms with E-state index in [1.54, 1.807) is 28.2 Å². The van der Waals surface area contributed by atoms with E-state index in [4.69, 9.17) is 4.42 Å². The number of nitrogens with zero attached hydrogens (tertiary/aromatic N) is 2. The number of carbonyl (C=O) groups is 3. The van der Waals surface area contributed by atoms with Gasteiger partial charge in [0.25, 0.3) is 5.91 Å². The Hall–Kier alpha value is -3.55. The lowest BCUT2D eigenvalue weighted by molar-refractivity contribution is -0.138. The first-order chi connectivity index (χ1) is 16.2. The zero-order valence-corrected chi connectivity index (χ0v) is 20.3. The van der Waals surface area contributed by atoms with E-state index in [-0.39, 0.29) is 36.9 Å². The van der Waals surface area contributed by atoms with E-state index in [9.17, 15) is 14.4 Å². The average Bonchev–Trinajstić information content (AvgIpc) is 3.41. The van der Waals surface area contributed by atoms with Crippen molar-refractivity contribution in [1.29, 1.82) is 0 Å². The van der Waals surface area contributed by atoms with E-state index in [2.05, 4.69) is 10.6 Å². The molecule has 2 aliphatic heterocycles. The van der Waals surface area contributed by atoms with Crippen LogP contribution in [0.4, 0.5) is 4.79 Å². The third kappa shape index (κ3) is 4.20. The molecule has 2 N–H and O–H groups in total. The van der Waals surface area contributed by atoms with Crippen LogP contribution in [0.25, 0.3) is 0 Å². The molecule has 8 heteroatoms. The Balaban J connectivity index is 1.66. The van der Waals surface area contributed by atoms with Gasteiger partial charge < -0.3 is 20.0 Å². The highest BCUT2D eigenvalue weighted by atomic mass is 16.3. The molecule has 0 saturated heterocycles. The molecule has 180 valence electrons. The molecule has 4 amide bonds. The van der Waals surface area contributed by atoms with E-state index in [0.29, 0.717) is 23.6 Å². The molecule has 2 aromatic rings. The Bertz CT molecular complexity index is 1140. The molecule has 8 nitrogen and oxygen atoms in total. The van der Waals surface area contributed by atoms with Crippen LogP contribution in [0.2, 0.25) is 0 Å². The predicted molar refractivity (Wildman–Crippen MR) is 127 cm³/mol. The van der Waals surface area contributed by atoms with Gasteiger partial charge in [0.1, 0.15) is 11.8 Å². The number of hydrogen-bond donors (Lipinski definition) is 2. The molecule has 0 saturated carbocycles. The maximum absolute atomic E-state index is 13.8. The van der Waals surface area contributed by atoms with Crippen molar-refractivity contribution in [1.82, 2.24) is 20.4 Å². The molecule has 0 unspecified atom stereocenters. The first-order valence-electron chi connectivity index (χ1n) is 11.7. The minimum Gasteiger partial charge on any atom is -0.467 e. The van der Waals surface area contributed by atoms with Crippen molar-refractivity contribution in [2.45, 2.75) is 53.2 Å². The number of carbonyl (C=O) groups excluding carboxylic acids is 3. The third-order valence-electron chi connectivity index (χ3n) is 6.56. The Kier molecular flexibility index (Phi) is 6.50. The average molecular weight is 465 g/mol. The van der Waals surface area contributed by atoms with Gasteiger partial charge in [-0.05, 0) is 49.9 Å². The maximum Gasteiger partial charge on any atom is 0.322 e. The summed E-state index contributed by atoms with van der Waals surface area (Å²) in [5.41, 5.74) is 4.22. The highest BCUT2D eigenvalue weighted by Gasteiger charge is 2.47. The van der Waals surface area contributed by atoms with Crippen molar-refractivity contribution in [3.63, 3.8) is 0 Å². The number of aryl methyl sites for hydroxylation is 2. The van der Waals surface area contributed by atoms with Gasteiger partial charge in [0, 0.05) is 6.54 Å². The number of urea groups is 1. The van der Waals surface area contributed by atoms with Gasteiger partial charge in [-0.1, -0.05) is 37.6 Å². The number of amides is 4. The van der Waals surface area contributed by atoms with Gasteiger partial charge in [-0.15, -0.1) is 0 Å². The van der Waals surface area contributed by atoms with Crippen molar-refractivity contribution < 1.29 is 18.8 Å². The summed E-state index contributed by atoms with van der Waals surface area (Å²) < 4.78 is 5.32. The quantitative estimate of drug-likeness (QED) is 0.656. The Morgan fingerprint density at radius 1 is 1.24 bits per heavy atom. The van der Waals surface area contributed by atoms with E-state index in [1.807, 2.05) is 52.8 Å². The molecular formula is C26H32N4O4. The number of nitrogens with one attached hydrogen (secondary N) is 2. The monoisotopic (exact) mass is 464 g/mol. The molecule has 2 aliphatic rings. The molecule has 3 heterocycles. The van der Waals surface area contributed by atoms with Gasteiger partial charge in [0.2, 0.25) is 5.91 Å². The van der Waals surface area contributed by atoms with Crippen LogP contribution >= 0.6 is 0 Å². The van der Waals surface area contributed by atoms with Gasteiger partial charge in [-0.25, -0.2) is 4.79 Å². The Labute approximate surface area is 200 Å². The van der Waals surface area contributed by atoms with E-state index < -0.39 is 12.1 Å². The van der Waals surface area contributed by atoms with Gasteiger partial charge in [-0.2, -0.15) is 0 Å². The highest BCUT2D eigenvalue weighted by molar-refractivity contribution is 6.03. The largest absolute Gasteiger partial charge is 0.467 e. The first-order valence-corrected chi connectivity index (χ1v) is 11.7. The molecule has 0 fully saturated rings. The van der Waals surface area contributed by atoms with Crippen LogP contribution in [0.1, 0.15) is 49.3 Å². The zero-order valence-electron chi connectivity index (χ0n) is 20.3. The number of furan rings is 1. The highest BCUT2D eigenvalue weighted by Crippen LogP contribution is 2.38. The van der Waals surface area contributed by atoms with E-state index in [1.165, 1.54) is 0 Å². The summed E-state index contributed by atoms with van der Waals surface area (Å²) in [6, 6.07) is 8.08. The number of likely N-dealkylation sites (N-methyl/N-ethyl adjacent to an activating group) is 1. The summed E-state index contributed by atoms with van der Waals surface area (Å²) >= 11 is 0. The van der Waals surface area contributed by atoms with Crippen LogP contribution in [-0.2, 0) is 16.1 Å². The van der Waals surface area contributed by atoms with Crippen LogP contribution in [0.3, 0.4) is 0 Å². The smallest absolute Gasteiger partial charge is 0.322 e. The Morgan fingerprint density at radius 3 is 2.62 bits per heavy atom. The lowest BCUT2D eigenvalue weighted by Crippen LogP contribution is -2.51. The molecule has 4 rings (SSSR count). The van der Waals surface area contributed by atoms with Crippen molar-refractivity contribution in [2.24, 2.45) is 5.92 Å². The van der Waals surface area contributed by atoms with Crippen LogP contribution in [0, 0.1) is 19.8 Å². The normalized spacial score (nSPS) is 18.9. The van der Waals surface area contributed by atoms with Crippen LogP contribution in [-0.4, -0.2) is 46.8 Å². The summed E-state index contributed by atoms with van der Waals surface area (Å²) in [5.74, 6) is 0.0540. The SMILES string of the molecule is CCN1C(=O)N[C@@H](c2ccc(C)cc2C)C2=C1CN([C@H](C(=O)NCc1ccco1)C(C)C)C2=O. The van der Waals surface area contributed by atoms with E-state index >= 15 is 0 Å². The maximum atomic E-state index is 13.8. The second kappa shape index (κ2) is 9.37. The molecular weight excluding hydrogens is 432 g/mol. The topological polar surface area (TPSA) is 94.9 Å². The fourth-order valence-electron chi connectivity index (χ4n) is 4.95. The fourth-order valence-corrected chi connectivity index (χ4v) is 4.95. The fraction of sp³-hybridized carbons (Fsp3) is 0.423. The summed E-state index contributed by atoms with van der Waals surface area (Å²) in [6.45, 7) is 10.6. The molecule has 0 bridgehead atoms. The molecule has 1 aromatic heterocycles. The van der Waals surface area contributed by atoms with Crippen LogP contribution in [0.5, 0.6) is 0 Å². The summed E-state index contributed by atoms with van der Waals surface area (Å²) in [7, 11) is 0. The van der Waals surface area contributed by atoms with Crippen molar-refractivity contribution >= 4 is 17.8 Å². The molecule has 0 radical (unpaired) electrons. The van der Waals surface area contributed by atoms with E-state index in [0.717, 1.165) is 16.7 Å². The summed E-state index contributed by atoms with van der Waals surface area (Å²) in [4.78, 5) is 43.2. The number of rotatable bonds is 7. The molecule has 1 aromatic carbocycles. The van der Waals surface area contributed by atoms with Crippen LogP contribution < -0.4 is 10.6 Å². The second-order valence-corrected chi connectivity index (χ2v) is 9.27. The lowest BCUT2D eigenvalue weighted by Gasteiger charge is -2.33. The molecule has 34 heavy (non-hydrogen) atoms. The van der Waals surface area contributed by atoms with Crippen molar-refractivity contribution in [3.8, 4) is 0 Å². The van der Waals surface area contributed by atoms with Crippen LogP contribution in [0.15, 0.2) is 52.3 Å². The second-order valence-electron chi connectivity index (χ2n) is 9.27. The van der Waals surface area contributed by atoms with Crippen molar-refractivity contribution in [3.05, 3.63) is 70.3 Å². The molecule has 0 spiro atoms. The third-order valence-corrected chi connectivity index (χ3v) is 6.56. The number of hydrogen-bond acceptors (Lipinski definition) is 4. The Morgan fingerprint density at radius 2 is 2.00 bits per heavy atom. The molecule has 2 atom stereocenters. The molecule has 0 aliphatic carbocycles. The predicted octanol–water partition coefficient (Wildman–Crippen LogP) is 3.42. The van der Waals surface area contributed by atoms with Gasteiger partial charge in [0.15, 0.2) is 0 Å². The summed E-state index contributed by atoms with van der Waals surface area (Å²) in [6.07, 6.45) is 1.56. The first kappa shape index (κ1) is 23.6. The standard InChI is InChI=1S/C26H32N4O4/c1-6-29-20-14-30(23(15(2)3)24(31)27-13-18-8-7-11-34-18)25(32)21(20)22(28-26(29)33)19-10-9-16(4)12-17(19)5/h7-12,15,22-23H,6,13-14H2,1-5H3,(H,27,31)(H,28,33)/t22-,23-/m0/s1. The van der Waals surface area contributed by atoms with Gasteiger partial charge in [0.05, 0.1) is 36.7 Å². The minimum atomic E-state index is -0.679. The minimum absolute atomic E-state index is 0.125. The number of benzene rings is 1. The van der Waals surface area contributed by atoms with Crippen molar-refractivity contribution in [2.75, 3.05) is 13.1 Å². The van der Waals surface area contributed by atoms with Gasteiger partial charge >= 0.3 is 6.03 Å². The zero-order chi connectivity index (χ0) is 24.6. The lowest BCUT2D eigenvalue weighted by atomic mass is 9.91. The van der Waals surface area contributed by atoms with Gasteiger partial charge in [-0.3, -0.25) is 14.5 Å². The summed E-state index contributed by atoms with van der Waals surface area (Å²) in [5, 5.41) is 5.92.